The number of carbonyl (C=O) groups excluding carboxylic acids is 1. The van der Waals surface area contributed by atoms with Crippen LogP contribution in [0.25, 0.3) is 10.8 Å². The highest BCUT2D eigenvalue weighted by atomic mass is 32.2. The van der Waals surface area contributed by atoms with Crippen LogP contribution >= 0.6 is 0 Å². The zero-order valence-electron chi connectivity index (χ0n) is 21.3. The van der Waals surface area contributed by atoms with E-state index >= 15 is 0 Å². The van der Waals surface area contributed by atoms with Gasteiger partial charge in [-0.15, -0.1) is 0 Å². The van der Waals surface area contributed by atoms with Gasteiger partial charge >= 0.3 is 5.97 Å². The summed E-state index contributed by atoms with van der Waals surface area (Å²) in [5.41, 5.74) is 2.99. The zero-order chi connectivity index (χ0) is 26.7. The summed E-state index contributed by atoms with van der Waals surface area (Å²) in [7, 11) is -3.96. The number of aliphatic hydroxyl groups is 1. The number of sulfonamides is 1. The van der Waals surface area contributed by atoms with Gasteiger partial charge in [0.15, 0.2) is 0 Å². The number of morpholine rings is 1. The van der Waals surface area contributed by atoms with Crippen LogP contribution in [0.15, 0.2) is 40.4 Å². The molecule has 2 unspecified atom stereocenters. The molecule has 5 aliphatic rings. The number of β-lactam (4-membered cyclic amide) rings is 1. The summed E-state index contributed by atoms with van der Waals surface area (Å²) < 4.78 is 35.8. The molecule has 4 atom stereocenters. The molecule has 2 aromatic rings. The maximum atomic E-state index is 14.0. The molecule has 1 spiro atoms. The number of carbonyl (C=O) groups is 2. The van der Waals surface area contributed by atoms with Crippen molar-refractivity contribution in [1.82, 2.24) is 4.90 Å². The Hall–Kier alpha value is -2.99. The van der Waals surface area contributed by atoms with Gasteiger partial charge in [-0.3, -0.25) is 9.10 Å². The summed E-state index contributed by atoms with van der Waals surface area (Å²) >= 11 is 0. The van der Waals surface area contributed by atoms with E-state index in [4.69, 9.17) is 4.74 Å². The number of carboxylic acid groups (broad SMARTS) is 1. The third kappa shape index (κ3) is 2.95. The predicted molar refractivity (Wildman–Crippen MR) is 136 cm³/mol. The second kappa shape index (κ2) is 7.78. The summed E-state index contributed by atoms with van der Waals surface area (Å²) in [5.74, 6) is -2.81. The monoisotopic (exact) mass is 540 g/mol. The fourth-order valence-corrected chi connectivity index (χ4v) is 9.23. The van der Waals surface area contributed by atoms with E-state index < -0.39 is 45.9 Å². The number of aliphatic hydroxyl groups excluding tert-OH is 1. The molecular formula is C27H30N3O7S+. The molecule has 10 nitrogen and oxygen atoms in total. The highest BCUT2D eigenvalue weighted by Crippen LogP contribution is 2.51. The Morgan fingerprint density at radius 3 is 2.66 bits per heavy atom. The first-order chi connectivity index (χ1) is 18.1. The first kappa shape index (κ1) is 24.1. The van der Waals surface area contributed by atoms with E-state index in [9.17, 15) is 28.2 Å². The number of carboxylic acids is 1. The molecule has 38 heavy (non-hydrogen) atoms. The van der Waals surface area contributed by atoms with Crippen molar-refractivity contribution in [2.24, 2.45) is 11.8 Å². The van der Waals surface area contributed by atoms with Crippen LogP contribution in [0.1, 0.15) is 25.0 Å². The summed E-state index contributed by atoms with van der Waals surface area (Å²) in [6.07, 6.45) is -0.922. The Morgan fingerprint density at radius 1 is 1.24 bits per heavy atom. The molecule has 2 N–H and O–H groups in total. The number of hydrogen-bond acceptors (Lipinski definition) is 6. The van der Waals surface area contributed by atoms with Gasteiger partial charge in [0, 0.05) is 22.4 Å². The van der Waals surface area contributed by atoms with Crippen molar-refractivity contribution in [3.8, 4) is 0 Å². The number of amides is 1. The van der Waals surface area contributed by atoms with Crippen LogP contribution in [-0.4, -0.2) is 84.9 Å². The lowest BCUT2D eigenvalue weighted by Crippen LogP contribution is -2.63. The first-order valence-corrected chi connectivity index (χ1v) is 14.5. The smallest absolute Gasteiger partial charge is 0.352 e. The average Bonchev–Trinajstić information content (AvgIpc) is 3.41. The fraction of sp³-hybridized carbons (Fsp3) is 0.481. The topological polar surface area (TPSA) is 124 Å². The summed E-state index contributed by atoms with van der Waals surface area (Å²) in [6, 6.07) is 6.95. The standard InChI is InChI=1S/C27H29N3O7S/c1-14-18(25(27(33)34)29-24(14)22(15(2)31)26(29)32)11-28-20-5-3-4-17-19-13-30(6-8-37-9-7-30)12-16(19)10-21(23(17)20)38(28,35)36/h3-5,10,14-15,22,24,31H,6-9,11-13H2,1-2H3/p+1/t14-,15?,22?,24+/m0/s1. The summed E-state index contributed by atoms with van der Waals surface area (Å²) in [6.45, 7) is 7.98. The number of hydrogen-bond donors (Lipinski definition) is 2. The minimum atomic E-state index is -3.96. The average molecular weight is 541 g/mol. The summed E-state index contributed by atoms with van der Waals surface area (Å²) in [4.78, 5) is 26.6. The van der Waals surface area contributed by atoms with E-state index in [0.29, 0.717) is 29.9 Å². The number of fused-ring (bicyclic) bond motifs is 3. The van der Waals surface area contributed by atoms with E-state index in [1.807, 2.05) is 18.2 Å². The predicted octanol–water partition coefficient (Wildman–Crippen LogP) is 1.41. The lowest BCUT2D eigenvalue weighted by Gasteiger charge is -2.46. The third-order valence-corrected chi connectivity index (χ3v) is 11.2. The number of quaternary nitrogens is 1. The molecule has 11 heteroatoms. The summed E-state index contributed by atoms with van der Waals surface area (Å²) in [5, 5.41) is 21.8. The number of aliphatic carboxylic acids is 1. The van der Waals surface area contributed by atoms with Gasteiger partial charge in [0.2, 0.25) is 5.91 Å². The number of nitrogens with zero attached hydrogens (tertiary/aromatic N) is 3. The molecule has 0 saturated carbocycles. The number of rotatable bonds is 4. The largest absolute Gasteiger partial charge is 0.477 e. The molecule has 2 fully saturated rings. The van der Waals surface area contributed by atoms with Crippen molar-refractivity contribution in [2.75, 3.05) is 37.2 Å². The highest BCUT2D eigenvalue weighted by Gasteiger charge is 2.60. The van der Waals surface area contributed by atoms with Crippen molar-refractivity contribution < 1.29 is 37.4 Å². The molecular weight excluding hydrogens is 510 g/mol. The van der Waals surface area contributed by atoms with Gasteiger partial charge in [0.05, 0.1) is 48.4 Å². The number of anilines is 1. The molecule has 0 aromatic heterocycles. The maximum absolute atomic E-state index is 14.0. The number of ether oxygens (including phenoxy) is 1. The normalized spacial score (nSPS) is 29.1. The maximum Gasteiger partial charge on any atom is 0.352 e. The van der Waals surface area contributed by atoms with E-state index in [1.165, 1.54) is 21.7 Å². The van der Waals surface area contributed by atoms with E-state index in [-0.39, 0.29) is 17.1 Å². The van der Waals surface area contributed by atoms with Gasteiger partial charge in [-0.1, -0.05) is 19.1 Å². The lowest BCUT2D eigenvalue weighted by molar-refractivity contribution is -0.953. The molecule has 1 amide bonds. The Kier molecular flexibility index (Phi) is 4.93. The molecule has 2 saturated heterocycles. The van der Waals surface area contributed by atoms with Gasteiger partial charge in [-0.05, 0) is 30.0 Å². The van der Waals surface area contributed by atoms with E-state index in [1.54, 1.807) is 13.0 Å². The van der Waals surface area contributed by atoms with E-state index in [0.717, 1.165) is 41.6 Å². The molecule has 5 heterocycles. The van der Waals surface area contributed by atoms with Crippen molar-refractivity contribution >= 4 is 38.4 Å². The van der Waals surface area contributed by atoms with Gasteiger partial charge in [-0.2, -0.15) is 0 Å². The molecule has 2 aromatic carbocycles. The Bertz CT molecular complexity index is 1570. The lowest BCUT2D eigenvalue weighted by atomic mass is 9.78. The first-order valence-electron chi connectivity index (χ1n) is 13.1. The second-order valence-electron chi connectivity index (χ2n) is 11.4. The Labute approximate surface area is 220 Å². The van der Waals surface area contributed by atoms with Gasteiger partial charge in [-0.25, -0.2) is 13.2 Å². The zero-order valence-corrected chi connectivity index (χ0v) is 22.1. The molecule has 0 radical (unpaired) electrons. The Morgan fingerprint density at radius 2 is 1.97 bits per heavy atom. The van der Waals surface area contributed by atoms with Crippen LogP contribution < -0.4 is 4.31 Å². The van der Waals surface area contributed by atoms with Crippen LogP contribution in [0, 0.1) is 11.8 Å². The second-order valence-corrected chi connectivity index (χ2v) is 13.2. The minimum absolute atomic E-state index is 0.159. The van der Waals surface area contributed by atoms with E-state index in [2.05, 4.69) is 0 Å². The van der Waals surface area contributed by atoms with Crippen LogP contribution in [0.3, 0.4) is 0 Å². The molecule has 5 aliphatic heterocycles. The molecule has 200 valence electrons. The fourth-order valence-electron chi connectivity index (χ4n) is 7.51. The van der Waals surface area contributed by atoms with Crippen molar-refractivity contribution in [2.45, 2.75) is 44.0 Å². The third-order valence-electron chi connectivity index (χ3n) is 9.39. The van der Waals surface area contributed by atoms with Crippen LogP contribution in [0.5, 0.6) is 0 Å². The van der Waals surface area contributed by atoms with Gasteiger partial charge in [0.1, 0.15) is 31.9 Å². The van der Waals surface area contributed by atoms with Crippen LogP contribution in [0.4, 0.5) is 5.69 Å². The molecule has 0 aliphatic carbocycles. The number of benzene rings is 2. The minimum Gasteiger partial charge on any atom is -0.477 e. The van der Waals surface area contributed by atoms with Crippen molar-refractivity contribution in [1.29, 1.82) is 0 Å². The van der Waals surface area contributed by atoms with Crippen LogP contribution in [0.2, 0.25) is 0 Å². The Balaban J connectivity index is 1.32. The van der Waals surface area contributed by atoms with Crippen molar-refractivity contribution in [3.05, 3.63) is 46.7 Å². The van der Waals surface area contributed by atoms with Crippen LogP contribution in [-0.2, 0) is 37.4 Å². The highest BCUT2D eigenvalue weighted by molar-refractivity contribution is 7.93. The quantitative estimate of drug-likeness (QED) is 0.444. The van der Waals surface area contributed by atoms with Gasteiger partial charge in [0.25, 0.3) is 10.0 Å². The molecule has 0 bridgehead atoms. The van der Waals surface area contributed by atoms with Gasteiger partial charge < -0.3 is 24.3 Å². The molecule has 7 rings (SSSR count). The SMILES string of the molecule is CC(O)C1C(=O)N2C(C(=O)O)=C(CN3c4cccc5c6c(cc(c45)S3(=O)=O)C[N+]3(CCOCC3)C6)[C@H](C)[C@H]12. The van der Waals surface area contributed by atoms with Crippen molar-refractivity contribution in [3.63, 3.8) is 0 Å².